The molecule has 4 aromatic rings. The third-order valence-corrected chi connectivity index (χ3v) is 6.11. The molecule has 30 heavy (non-hydrogen) atoms. The number of hydrogen-bond acceptors (Lipinski definition) is 7. The number of ether oxygens (including phenoxy) is 1. The summed E-state index contributed by atoms with van der Waals surface area (Å²) in [6.45, 7) is 2.45. The summed E-state index contributed by atoms with van der Waals surface area (Å²) in [5.41, 5.74) is 0.730. The summed E-state index contributed by atoms with van der Waals surface area (Å²) in [5, 5.41) is 4.44. The van der Waals surface area contributed by atoms with Gasteiger partial charge in [0.25, 0.3) is 5.89 Å². The largest absolute Gasteiger partial charge is 0.494 e. The van der Waals surface area contributed by atoms with Gasteiger partial charge in [0.05, 0.1) is 11.5 Å². The number of hydrogen-bond donors (Lipinski definition) is 0. The van der Waals surface area contributed by atoms with Gasteiger partial charge in [-0.25, -0.2) is 8.42 Å². The van der Waals surface area contributed by atoms with Gasteiger partial charge in [0, 0.05) is 10.6 Å². The molecule has 0 saturated heterocycles. The average Bonchev–Trinajstić information content (AvgIpc) is 3.38. The molecule has 0 aliphatic rings. The van der Waals surface area contributed by atoms with E-state index in [1.807, 2.05) is 31.2 Å². The Kier molecular flexibility index (Phi) is 5.61. The summed E-state index contributed by atoms with van der Waals surface area (Å²) < 4.78 is 41.5. The zero-order valence-corrected chi connectivity index (χ0v) is 17.5. The van der Waals surface area contributed by atoms with Crippen molar-refractivity contribution in [2.75, 3.05) is 6.61 Å². The van der Waals surface area contributed by atoms with Crippen molar-refractivity contribution in [3.8, 4) is 28.8 Å². The third kappa shape index (κ3) is 4.39. The van der Waals surface area contributed by atoms with Crippen LogP contribution in [-0.4, -0.2) is 25.2 Å². The van der Waals surface area contributed by atoms with Crippen LogP contribution in [0.15, 0.2) is 74.5 Å². The summed E-state index contributed by atoms with van der Waals surface area (Å²) in [5.74, 6) is 1.48. The van der Waals surface area contributed by atoms with Crippen molar-refractivity contribution in [1.29, 1.82) is 0 Å². The van der Waals surface area contributed by atoms with Crippen LogP contribution in [-0.2, 0) is 15.6 Å². The maximum absolute atomic E-state index is 12.6. The summed E-state index contributed by atoms with van der Waals surface area (Å²) in [4.78, 5) is 4.50. The van der Waals surface area contributed by atoms with Crippen molar-refractivity contribution >= 4 is 21.4 Å². The van der Waals surface area contributed by atoms with Gasteiger partial charge in [-0.3, -0.25) is 0 Å². The molecule has 2 aromatic carbocycles. The third-order valence-electron chi connectivity index (χ3n) is 4.21. The van der Waals surface area contributed by atoms with Crippen LogP contribution in [0.3, 0.4) is 0 Å². The molecule has 154 valence electrons. The number of rotatable bonds is 7. The smallest absolute Gasteiger partial charge is 0.293 e. The monoisotopic (exact) mass is 444 g/mol. The van der Waals surface area contributed by atoms with Gasteiger partial charge in [-0.1, -0.05) is 28.9 Å². The fraction of sp³-hybridized carbons (Fsp3) is 0.143. The second kappa shape index (κ2) is 8.33. The molecule has 0 spiro atoms. The Balaban J connectivity index is 1.53. The van der Waals surface area contributed by atoms with Crippen molar-refractivity contribution in [2.45, 2.75) is 17.6 Å². The number of aromatic nitrogens is 2. The van der Waals surface area contributed by atoms with Crippen molar-refractivity contribution in [1.82, 2.24) is 10.1 Å². The number of nitrogens with zero attached hydrogens (tertiary/aromatic N) is 2. The predicted octanol–water partition coefficient (Wildman–Crippen LogP) is 5.02. The molecule has 7 nitrogen and oxygen atoms in total. The fourth-order valence-electron chi connectivity index (χ4n) is 2.82. The molecule has 2 aromatic heterocycles. The molecule has 0 unspecified atom stereocenters. The first kappa shape index (κ1) is 20.2. The zero-order valence-electron chi connectivity index (χ0n) is 15.9. The van der Waals surface area contributed by atoms with Gasteiger partial charge in [0.15, 0.2) is 15.6 Å². The SMILES string of the molecule is CCOc1cccc(-c2noc(-c3ccc(CS(=O)(=O)c4ccc(Cl)cc4)o3)n2)c1. The lowest BCUT2D eigenvalue weighted by atomic mass is 10.2. The lowest BCUT2D eigenvalue weighted by Gasteiger charge is -2.03. The minimum Gasteiger partial charge on any atom is -0.494 e. The maximum atomic E-state index is 12.6. The topological polar surface area (TPSA) is 95.4 Å². The summed E-state index contributed by atoms with van der Waals surface area (Å²) >= 11 is 5.82. The van der Waals surface area contributed by atoms with E-state index in [4.69, 9.17) is 25.3 Å². The molecule has 0 N–H and O–H groups in total. The maximum Gasteiger partial charge on any atom is 0.293 e. The van der Waals surface area contributed by atoms with E-state index in [2.05, 4.69) is 10.1 Å². The van der Waals surface area contributed by atoms with Gasteiger partial charge >= 0.3 is 0 Å². The van der Waals surface area contributed by atoms with Crippen molar-refractivity contribution < 1.29 is 22.1 Å². The van der Waals surface area contributed by atoms with E-state index in [0.717, 1.165) is 5.56 Å². The van der Waals surface area contributed by atoms with Crippen LogP contribution >= 0.6 is 11.6 Å². The second-order valence-corrected chi connectivity index (χ2v) is 8.79. The van der Waals surface area contributed by atoms with Crippen LogP contribution in [0, 0.1) is 0 Å². The average molecular weight is 445 g/mol. The van der Waals surface area contributed by atoms with E-state index in [0.29, 0.717) is 23.2 Å². The fourth-order valence-corrected chi connectivity index (χ4v) is 4.19. The minimum absolute atomic E-state index is 0.155. The van der Waals surface area contributed by atoms with Gasteiger partial charge in [-0.2, -0.15) is 4.98 Å². The molecule has 0 atom stereocenters. The summed E-state index contributed by atoms with van der Waals surface area (Å²) in [6, 6.07) is 16.5. The van der Waals surface area contributed by atoms with Crippen LogP contribution in [0.1, 0.15) is 12.7 Å². The Bertz CT molecular complexity index is 1260. The van der Waals surface area contributed by atoms with E-state index >= 15 is 0 Å². The second-order valence-electron chi connectivity index (χ2n) is 6.36. The normalized spacial score (nSPS) is 11.5. The molecular formula is C21H17ClN2O5S. The first-order chi connectivity index (χ1) is 14.4. The highest BCUT2D eigenvalue weighted by Crippen LogP contribution is 2.27. The molecule has 9 heteroatoms. The van der Waals surface area contributed by atoms with Crippen LogP contribution in [0.4, 0.5) is 0 Å². The molecule has 0 radical (unpaired) electrons. The summed E-state index contributed by atoms with van der Waals surface area (Å²) in [7, 11) is -3.58. The first-order valence-electron chi connectivity index (χ1n) is 9.09. The van der Waals surface area contributed by atoms with Crippen LogP contribution in [0.2, 0.25) is 5.02 Å². The van der Waals surface area contributed by atoms with Gasteiger partial charge < -0.3 is 13.7 Å². The van der Waals surface area contributed by atoms with Crippen molar-refractivity contribution in [3.05, 3.63) is 71.4 Å². The van der Waals surface area contributed by atoms with E-state index in [1.165, 1.54) is 24.3 Å². The highest BCUT2D eigenvalue weighted by Gasteiger charge is 2.20. The molecule has 0 saturated carbocycles. The first-order valence-corrected chi connectivity index (χ1v) is 11.1. The lowest BCUT2D eigenvalue weighted by Crippen LogP contribution is -2.03. The number of sulfone groups is 1. The van der Waals surface area contributed by atoms with Crippen LogP contribution < -0.4 is 4.74 Å². The van der Waals surface area contributed by atoms with Gasteiger partial charge in [0.2, 0.25) is 5.82 Å². The molecule has 0 aliphatic heterocycles. The number of furan rings is 1. The van der Waals surface area contributed by atoms with Crippen LogP contribution in [0.5, 0.6) is 5.75 Å². The Morgan fingerprint density at radius 2 is 1.87 bits per heavy atom. The van der Waals surface area contributed by atoms with E-state index < -0.39 is 9.84 Å². The Labute approximate surface area is 178 Å². The standard InChI is InChI=1S/C21H17ClN2O5S/c1-2-27-16-5-3-4-14(12-16)20-23-21(29-24-20)19-11-8-17(28-19)13-30(25,26)18-9-6-15(22)7-10-18/h3-12H,2,13H2,1H3. The van der Waals surface area contributed by atoms with E-state index in [9.17, 15) is 8.42 Å². The quantitative estimate of drug-likeness (QED) is 0.394. The Morgan fingerprint density at radius 1 is 1.07 bits per heavy atom. The zero-order chi connectivity index (χ0) is 21.1. The number of benzene rings is 2. The van der Waals surface area contributed by atoms with Crippen molar-refractivity contribution in [2.24, 2.45) is 0 Å². The Hall–Kier alpha value is -3.10. The highest BCUT2D eigenvalue weighted by atomic mass is 35.5. The minimum atomic E-state index is -3.58. The molecule has 2 heterocycles. The van der Waals surface area contributed by atoms with E-state index in [-0.39, 0.29) is 28.1 Å². The Morgan fingerprint density at radius 3 is 2.63 bits per heavy atom. The molecule has 0 amide bonds. The van der Waals surface area contributed by atoms with Gasteiger partial charge in [-0.05, 0) is 55.5 Å². The number of halogens is 1. The molecule has 0 fully saturated rings. The molecule has 0 aliphatic carbocycles. The van der Waals surface area contributed by atoms with Crippen LogP contribution in [0.25, 0.3) is 23.0 Å². The summed E-state index contributed by atoms with van der Waals surface area (Å²) in [6.07, 6.45) is 0. The van der Waals surface area contributed by atoms with E-state index in [1.54, 1.807) is 12.1 Å². The predicted molar refractivity (Wildman–Crippen MR) is 111 cm³/mol. The highest BCUT2D eigenvalue weighted by molar-refractivity contribution is 7.90. The molecule has 0 bridgehead atoms. The molecule has 4 rings (SSSR count). The van der Waals surface area contributed by atoms with Gasteiger partial charge in [0.1, 0.15) is 17.3 Å². The van der Waals surface area contributed by atoms with Crippen molar-refractivity contribution in [3.63, 3.8) is 0 Å². The molecular weight excluding hydrogens is 428 g/mol. The van der Waals surface area contributed by atoms with Gasteiger partial charge in [-0.15, -0.1) is 0 Å². The lowest BCUT2D eigenvalue weighted by molar-refractivity contribution is 0.340.